The van der Waals surface area contributed by atoms with E-state index in [9.17, 15) is 4.79 Å². The first-order valence-electron chi connectivity index (χ1n) is 6.35. The van der Waals surface area contributed by atoms with Gasteiger partial charge in [0, 0.05) is 31.6 Å². The zero-order valence-electron chi connectivity index (χ0n) is 9.24. The quantitative estimate of drug-likeness (QED) is 0.738. The van der Waals surface area contributed by atoms with Gasteiger partial charge < -0.3 is 10.2 Å². The molecule has 3 nitrogen and oxygen atoms in total. The van der Waals surface area contributed by atoms with Crippen LogP contribution in [0.15, 0.2) is 0 Å². The molecule has 3 aliphatic heterocycles. The third kappa shape index (κ3) is 1.89. The number of nitrogens with zero attached hydrogens (tertiary/aromatic N) is 1. The fourth-order valence-corrected chi connectivity index (χ4v) is 3.31. The van der Waals surface area contributed by atoms with Crippen molar-refractivity contribution < 1.29 is 4.79 Å². The van der Waals surface area contributed by atoms with E-state index >= 15 is 0 Å². The molecule has 0 aromatic carbocycles. The van der Waals surface area contributed by atoms with Crippen molar-refractivity contribution in [2.45, 2.75) is 50.6 Å². The molecule has 4 fully saturated rings. The van der Waals surface area contributed by atoms with Crippen LogP contribution in [0, 0.1) is 5.92 Å². The van der Waals surface area contributed by atoms with E-state index < -0.39 is 0 Å². The van der Waals surface area contributed by atoms with Crippen LogP contribution in [0.4, 0.5) is 0 Å². The Morgan fingerprint density at radius 1 is 1.20 bits per heavy atom. The first-order chi connectivity index (χ1) is 7.31. The Morgan fingerprint density at radius 2 is 1.80 bits per heavy atom. The highest BCUT2D eigenvalue weighted by molar-refractivity contribution is 5.76. The summed E-state index contributed by atoms with van der Waals surface area (Å²) in [5.74, 6) is 1.11. The van der Waals surface area contributed by atoms with Gasteiger partial charge in [-0.2, -0.15) is 0 Å². The Bertz CT molecular complexity index is 244. The van der Waals surface area contributed by atoms with Crippen molar-refractivity contribution in [3.63, 3.8) is 0 Å². The summed E-state index contributed by atoms with van der Waals surface area (Å²) in [6.45, 7) is 1.92. The number of nitrogens with one attached hydrogen (secondary N) is 1. The Morgan fingerprint density at radius 3 is 2.40 bits per heavy atom. The Kier molecular flexibility index (Phi) is 2.43. The van der Waals surface area contributed by atoms with Gasteiger partial charge in [0.2, 0.25) is 5.91 Å². The molecular weight excluding hydrogens is 188 g/mol. The number of amides is 1. The molecule has 1 aliphatic carbocycles. The van der Waals surface area contributed by atoms with Crippen LogP contribution >= 0.6 is 0 Å². The summed E-state index contributed by atoms with van der Waals surface area (Å²) >= 11 is 0. The van der Waals surface area contributed by atoms with E-state index in [-0.39, 0.29) is 0 Å². The second kappa shape index (κ2) is 3.78. The van der Waals surface area contributed by atoms with Gasteiger partial charge >= 0.3 is 0 Å². The van der Waals surface area contributed by atoms with E-state index in [2.05, 4.69) is 10.2 Å². The molecule has 3 saturated heterocycles. The number of hydrogen-bond acceptors (Lipinski definition) is 2. The van der Waals surface area contributed by atoms with Gasteiger partial charge in [0.05, 0.1) is 0 Å². The molecule has 3 heteroatoms. The van der Waals surface area contributed by atoms with Crippen LogP contribution < -0.4 is 5.32 Å². The summed E-state index contributed by atoms with van der Waals surface area (Å²) in [4.78, 5) is 14.1. The average molecular weight is 208 g/mol. The minimum atomic E-state index is 0.415. The maximum absolute atomic E-state index is 12.0. The number of piperazine rings is 1. The van der Waals surface area contributed by atoms with Crippen LogP contribution in [0.25, 0.3) is 0 Å². The van der Waals surface area contributed by atoms with Gasteiger partial charge in [0.15, 0.2) is 0 Å². The number of fused-ring (bicyclic) bond motifs is 2. The molecule has 84 valence electrons. The first kappa shape index (κ1) is 9.64. The number of carbonyl (C=O) groups excluding carboxylic acids is 1. The fraction of sp³-hybridized carbons (Fsp3) is 0.917. The molecule has 0 spiro atoms. The molecule has 3 heterocycles. The maximum Gasteiger partial charge on any atom is 0.222 e. The molecular formula is C12H20N2O. The maximum atomic E-state index is 12.0. The summed E-state index contributed by atoms with van der Waals surface area (Å²) in [6, 6.07) is 1.22. The number of carbonyl (C=O) groups is 1. The third-order valence-electron chi connectivity index (χ3n) is 4.21. The summed E-state index contributed by atoms with van der Waals surface area (Å²) < 4.78 is 0. The molecule has 0 aromatic heterocycles. The molecule has 1 saturated carbocycles. The molecule has 4 aliphatic rings. The zero-order chi connectivity index (χ0) is 10.3. The number of rotatable bonds is 2. The lowest BCUT2D eigenvalue weighted by atomic mass is 9.90. The summed E-state index contributed by atoms with van der Waals surface area (Å²) in [6.07, 6.45) is 7.34. The number of piperidine rings is 1. The minimum absolute atomic E-state index is 0.415. The molecule has 2 atom stereocenters. The topological polar surface area (TPSA) is 32.3 Å². The van der Waals surface area contributed by atoms with Crippen LogP contribution in [0.2, 0.25) is 0 Å². The van der Waals surface area contributed by atoms with E-state index in [1.807, 2.05) is 0 Å². The average Bonchev–Trinajstić information content (AvgIpc) is 2.69. The van der Waals surface area contributed by atoms with E-state index in [1.165, 1.54) is 32.1 Å². The highest BCUT2D eigenvalue weighted by Crippen LogP contribution is 2.29. The van der Waals surface area contributed by atoms with Gasteiger partial charge in [-0.15, -0.1) is 0 Å². The lowest BCUT2D eigenvalue weighted by Gasteiger charge is -2.48. The van der Waals surface area contributed by atoms with E-state index in [1.54, 1.807) is 0 Å². The van der Waals surface area contributed by atoms with Crippen molar-refractivity contribution in [2.24, 2.45) is 5.92 Å². The van der Waals surface area contributed by atoms with Crippen molar-refractivity contribution in [1.82, 2.24) is 10.2 Å². The lowest BCUT2D eigenvalue weighted by Crippen LogP contribution is -2.67. The SMILES string of the molecule is O=C(CC1CCCC1)N1CC2CC(C1)N2. The van der Waals surface area contributed by atoms with E-state index in [4.69, 9.17) is 0 Å². The fourth-order valence-electron chi connectivity index (χ4n) is 3.31. The van der Waals surface area contributed by atoms with Crippen molar-refractivity contribution in [3.8, 4) is 0 Å². The standard InChI is InChI=1S/C12H20N2O/c15-12(5-9-3-1-2-4-9)14-7-10-6-11(8-14)13-10/h9-11,13H,1-8H2. The van der Waals surface area contributed by atoms with Crippen LogP contribution in [0.3, 0.4) is 0 Å². The second-order valence-electron chi connectivity index (χ2n) is 5.45. The Balaban J connectivity index is 1.51. The molecule has 1 N–H and O–H groups in total. The molecule has 15 heavy (non-hydrogen) atoms. The van der Waals surface area contributed by atoms with Crippen LogP contribution in [0.1, 0.15) is 38.5 Å². The Labute approximate surface area is 91.2 Å². The highest BCUT2D eigenvalue weighted by atomic mass is 16.2. The summed E-state index contributed by atoms with van der Waals surface area (Å²) in [5, 5.41) is 3.46. The smallest absolute Gasteiger partial charge is 0.222 e. The van der Waals surface area contributed by atoms with Crippen LogP contribution in [-0.2, 0) is 4.79 Å². The summed E-state index contributed by atoms with van der Waals surface area (Å²) in [5.41, 5.74) is 0. The lowest BCUT2D eigenvalue weighted by molar-refractivity contribution is -0.136. The Hall–Kier alpha value is -0.570. The molecule has 2 bridgehead atoms. The van der Waals surface area contributed by atoms with E-state index in [0.717, 1.165) is 19.5 Å². The minimum Gasteiger partial charge on any atom is -0.340 e. The van der Waals surface area contributed by atoms with E-state index in [0.29, 0.717) is 23.9 Å². The van der Waals surface area contributed by atoms with Crippen molar-refractivity contribution in [2.75, 3.05) is 13.1 Å². The predicted molar refractivity (Wildman–Crippen MR) is 58.5 cm³/mol. The highest BCUT2D eigenvalue weighted by Gasteiger charge is 2.38. The van der Waals surface area contributed by atoms with Gasteiger partial charge in [-0.05, 0) is 25.2 Å². The third-order valence-corrected chi connectivity index (χ3v) is 4.21. The normalized spacial score (nSPS) is 35.3. The van der Waals surface area contributed by atoms with Gasteiger partial charge in [-0.3, -0.25) is 4.79 Å². The van der Waals surface area contributed by atoms with Crippen LogP contribution in [0.5, 0.6) is 0 Å². The van der Waals surface area contributed by atoms with Gasteiger partial charge in [-0.1, -0.05) is 12.8 Å². The van der Waals surface area contributed by atoms with Gasteiger partial charge in [0.1, 0.15) is 0 Å². The monoisotopic (exact) mass is 208 g/mol. The van der Waals surface area contributed by atoms with Crippen LogP contribution in [-0.4, -0.2) is 36.0 Å². The number of hydrogen-bond donors (Lipinski definition) is 1. The predicted octanol–water partition coefficient (Wildman–Crippen LogP) is 1.14. The van der Waals surface area contributed by atoms with Gasteiger partial charge in [-0.25, -0.2) is 0 Å². The molecule has 0 aromatic rings. The molecule has 4 rings (SSSR count). The molecule has 1 amide bonds. The summed E-state index contributed by atoms with van der Waals surface area (Å²) in [7, 11) is 0. The van der Waals surface area contributed by atoms with Crippen molar-refractivity contribution in [1.29, 1.82) is 0 Å². The zero-order valence-corrected chi connectivity index (χ0v) is 9.24. The van der Waals surface area contributed by atoms with Crippen molar-refractivity contribution in [3.05, 3.63) is 0 Å². The molecule has 0 radical (unpaired) electrons. The second-order valence-corrected chi connectivity index (χ2v) is 5.45. The van der Waals surface area contributed by atoms with Gasteiger partial charge in [0.25, 0.3) is 0 Å². The first-order valence-corrected chi connectivity index (χ1v) is 6.35. The van der Waals surface area contributed by atoms with Crippen molar-refractivity contribution >= 4 is 5.91 Å². The molecule has 2 unspecified atom stereocenters. The largest absolute Gasteiger partial charge is 0.340 e.